The topological polar surface area (TPSA) is 116 Å². The van der Waals surface area contributed by atoms with Crippen molar-refractivity contribution in [1.82, 2.24) is 19.7 Å². The number of aryl methyl sites for hydroxylation is 2. The first-order chi connectivity index (χ1) is 20.0. The number of nitrogens with one attached hydrogen (secondary N) is 1. The molecule has 0 saturated heterocycles. The van der Waals surface area contributed by atoms with E-state index in [1.54, 1.807) is 78.7 Å². The minimum absolute atomic E-state index is 0.00637. The molecule has 6 aromatic rings. The van der Waals surface area contributed by atoms with E-state index in [0.29, 0.717) is 39.1 Å². The van der Waals surface area contributed by atoms with Gasteiger partial charge in [0, 0.05) is 29.6 Å². The van der Waals surface area contributed by atoms with Crippen LogP contribution in [0.15, 0.2) is 73.1 Å². The second-order valence-corrected chi connectivity index (χ2v) is 10.7. The van der Waals surface area contributed by atoms with Crippen LogP contribution in [-0.4, -0.2) is 31.6 Å². The average molecular weight is 587 g/mol. The average Bonchev–Trinajstić information content (AvgIpc) is 3.55. The van der Waals surface area contributed by atoms with E-state index in [0.717, 1.165) is 11.6 Å². The van der Waals surface area contributed by atoms with Crippen LogP contribution in [0.2, 0.25) is 0 Å². The van der Waals surface area contributed by atoms with E-state index < -0.39 is 23.7 Å². The Morgan fingerprint density at radius 3 is 2.40 bits per heavy atom. The molecule has 8 nitrogen and oxygen atoms in total. The standard InChI is InChI=1S/C30H21F3N6O2S/c1-15-7-9-16(10-8-15)19-12-23(30(31,32)33)37-29-24(19)25(26(42-29)27(34)40)38-28(41)20-11-22(17-13-35-39(2)14-17)36-21-6-4-3-5-18(20)21/h3-14H,1-2H3,(H2,34,40)(H,38,41). The molecular weight excluding hydrogens is 565 g/mol. The number of anilines is 1. The zero-order chi connectivity index (χ0) is 29.8. The molecule has 0 bridgehead atoms. The number of rotatable bonds is 5. The third-order valence-electron chi connectivity index (χ3n) is 6.74. The van der Waals surface area contributed by atoms with Crippen LogP contribution < -0.4 is 11.1 Å². The normalized spacial score (nSPS) is 11.7. The summed E-state index contributed by atoms with van der Waals surface area (Å²) in [5.41, 5.74) is 8.02. The molecule has 0 spiro atoms. The van der Waals surface area contributed by atoms with Gasteiger partial charge in [0.25, 0.3) is 11.8 Å². The van der Waals surface area contributed by atoms with Crippen LogP contribution in [0.3, 0.4) is 0 Å². The van der Waals surface area contributed by atoms with Gasteiger partial charge in [0.1, 0.15) is 15.4 Å². The van der Waals surface area contributed by atoms with Crippen LogP contribution in [0.4, 0.5) is 18.9 Å². The highest BCUT2D eigenvalue weighted by atomic mass is 32.1. The predicted molar refractivity (Wildman–Crippen MR) is 155 cm³/mol. The highest BCUT2D eigenvalue weighted by Crippen LogP contribution is 2.44. The molecule has 3 N–H and O–H groups in total. The van der Waals surface area contributed by atoms with Gasteiger partial charge in [-0.1, -0.05) is 48.0 Å². The fourth-order valence-electron chi connectivity index (χ4n) is 4.74. The summed E-state index contributed by atoms with van der Waals surface area (Å²) in [5, 5.41) is 7.69. The molecule has 12 heteroatoms. The van der Waals surface area contributed by atoms with Crippen molar-refractivity contribution in [2.75, 3.05) is 5.32 Å². The number of amides is 2. The molecular formula is C30H21F3N6O2S. The summed E-state index contributed by atoms with van der Waals surface area (Å²) in [4.78, 5) is 34.8. The van der Waals surface area contributed by atoms with Gasteiger partial charge < -0.3 is 11.1 Å². The lowest BCUT2D eigenvalue weighted by atomic mass is 9.99. The Balaban J connectivity index is 1.56. The summed E-state index contributed by atoms with van der Waals surface area (Å²) in [6, 6.07) is 16.4. The Morgan fingerprint density at radius 1 is 1.00 bits per heavy atom. The molecule has 42 heavy (non-hydrogen) atoms. The number of nitrogens with two attached hydrogens (primary N) is 1. The highest BCUT2D eigenvalue weighted by Gasteiger charge is 2.35. The molecule has 0 aliphatic heterocycles. The Labute approximate surface area is 240 Å². The lowest BCUT2D eigenvalue weighted by molar-refractivity contribution is -0.140. The van der Waals surface area contributed by atoms with Crippen LogP contribution in [0, 0.1) is 6.92 Å². The molecule has 0 atom stereocenters. The van der Waals surface area contributed by atoms with Gasteiger partial charge in [0.2, 0.25) is 0 Å². The lowest BCUT2D eigenvalue weighted by Crippen LogP contribution is -2.17. The van der Waals surface area contributed by atoms with E-state index in [2.05, 4.69) is 20.4 Å². The first-order valence-corrected chi connectivity index (χ1v) is 13.4. The highest BCUT2D eigenvalue weighted by molar-refractivity contribution is 7.21. The zero-order valence-electron chi connectivity index (χ0n) is 22.2. The smallest absolute Gasteiger partial charge is 0.365 e. The van der Waals surface area contributed by atoms with Gasteiger partial charge in [-0.3, -0.25) is 14.3 Å². The van der Waals surface area contributed by atoms with Crippen molar-refractivity contribution in [3.63, 3.8) is 0 Å². The monoisotopic (exact) mass is 586 g/mol. The van der Waals surface area contributed by atoms with Crippen molar-refractivity contribution in [3.05, 3.63) is 94.8 Å². The molecule has 4 heterocycles. The molecule has 2 aromatic carbocycles. The van der Waals surface area contributed by atoms with Crippen LogP contribution in [0.1, 0.15) is 31.3 Å². The quantitative estimate of drug-likeness (QED) is 0.236. The predicted octanol–water partition coefficient (Wildman–Crippen LogP) is 6.59. The molecule has 0 unspecified atom stereocenters. The summed E-state index contributed by atoms with van der Waals surface area (Å²) in [6.07, 6.45) is -1.37. The Bertz CT molecular complexity index is 2030. The molecule has 210 valence electrons. The van der Waals surface area contributed by atoms with Gasteiger partial charge in [-0.05, 0) is 36.2 Å². The number of pyridine rings is 2. The van der Waals surface area contributed by atoms with Gasteiger partial charge in [0.15, 0.2) is 0 Å². The number of thiophene rings is 1. The van der Waals surface area contributed by atoms with E-state index in [9.17, 15) is 22.8 Å². The van der Waals surface area contributed by atoms with Crippen molar-refractivity contribution >= 4 is 50.0 Å². The molecule has 0 saturated carbocycles. The van der Waals surface area contributed by atoms with Gasteiger partial charge in [-0.25, -0.2) is 9.97 Å². The fraction of sp³-hybridized carbons (Fsp3) is 0.100. The van der Waals surface area contributed by atoms with E-state index in [1.807, 2.05) is 6.92 Å². The summed E-state index contributed by atoms with van der Waals surface area (Å²) in [5.74, 6) is -1.51. The number of aromatic nitrogens is 4. The van der Waals surface area contributed by atoms with Gasteiger partial charge in [-0.2, -0.15) is 18.3 Å². The third kappa shape index (κ3) is 4.85. The first-order valence-electron chi connectivity index (χ1n) is 12.6. The molecule has 0 fully saturated rings. The number of nitrogens with zero attached hydrogens (tertiary/aromatic N) is 4. The summed E-state index contributed by atoms with van der Waals surface area (Å²) < 4.78 is 43.2. The van der Waals surface area contributed by atoms with Crippen LogP contribution >= 0.6 is 11.3 Å². The number of primary amides is 1. The van der Waals surface area contributed by atoms with Crippen molar-refractivity contribution in [2.24, 2.45) is 12.8 Å². The van der Waals surface area contributed by atoms with Crippen molar-refractivity contribution in [1.29, 1.82) is 0 Å². The summed E-state index contributed by atoms with van der Waals surface area (Å²) >= 11 is 0.694. The van der Waals surface area contributed by atoms with E-state index in [-0.39, 0.29) is 31.9 Å². The summed E-state index contributed by atoms with van der Waals surface area (Å²) in [7, 11) is 1.76. The van der Waals surface area contributed by atoms with Crippen LogP contribution in [0.5, 0.6) is 0 Å². The summed E-state index contributed by atoms with van der Waals surface area (Å²) in [6.45, 7) is 1.85. The third-order valence-corrected chi connectivity index (χ3v) is 7.84. The molecule has 4 aromatic heterocycles. The number of carbonyl (C=O) groups excluding carboxylic acids is 2. The van der Waals surface area contributed by atoms with Crippen molar-refractivity contribution in [2.45, 2.75) is 13.1 Å². The number of hydrogen-bond donors (Lipinski definition) is 2. The number of hydrogen-bond acceptors (Lipinski definition) is 6. The number of para-hydroxylation sites is 1. The number of alkyl halides is 3. The van der Waals surface area contributed by atoms with E-state index in [4.69, 9.17) is 5.73 Å². The number of carbonyl (C=O) groups is 2. The first kappa shape index (κ1) is 27.1. The lowest BCUT2D eigenvalue weighted by Gasteiger charge is -2.14. The Morgan fingerprint density at radius 2 is 1.74 bits per heavy atom. The number of halogens is 3. The fourth-order valence-corrected chi connectivity index (χ4v) is 5.75. The minimum atomic E-state index is -4.74. The maximum atomic E-state index is 13.9. The SMILES string of the molecule is Cc1ccc(-c2cc(C(F)(F)F)nc3sc(C(N)=O)c(NC(=O)c4cc(-c5cnn(C)c5)nc5ccccc45)c23)cc1. The molecule has 2 amide bonds. The van der Waals surface area contributed by atoms with E-state index in [1.165, 1.54) is 0 Å². The second-order valence-electron chi connectivity index (χ2n) is 9.70. The van der Waals surface area contributed by atoms with Gasteiger partial charge >= 0.3 is 6.18 Å². The van der Waals surface area contributed by atoms with Gasteiger partial charge in [0.05, 0.1) is 28.7 Å². The maximum absolute atomic E-state index is 13.9. The number of fused-ring (bicyclic) bond motifs is 2. The maximum Gasteiger partial charge on any atom is 0.433 e. The zero-order valence-corrected chi connectivity index (χ0v) is 23.0. The molecule has 6 rings (SSSR count). The molecule has 0 aliphatic rings. The minimum Gasteiger partial charge on any atom is -0.365 e. The number of benzene rings is 2. The Hall–Kier alpha value is -5.10. The largest absolute Gasteiger partial charge is 0.433 e. The Kier molecular flexibility index (Phi) is 6.49. The molecule has 0 aliphatic carbocycles. The van der Waals surface area contributed by atoms with E-state index >= 15 is 0 Å². The molecule has 0 radical (unpaired) electrons. The second kappa shape index (κ2) is 10.1. The van der Waals surface area contributed by atoms with Crippen molar-refractivity contribution in [3.8, 4) is 22.4 Å². The van der Waals surface area contributed by atoms with Gasteiger partial charge in [-0.15, -0.1) is 11.3 Å². The van der Waals surface area contributed by atoms with Crippen LogP contribution in [-0.2, 0) is 13.2 Å². The van der Waals surface area contributed by atoms with Crippen LogP contribution in [0.25, 0.3) is 43.5 Å². The van der Waals surface area contributed by atoms with Crippen molar-refractivity contribution < 1.29 is 22.8 Å².